The van der Waals surface area contributed by atoms with Crippen LogP contribution in [0.1, 0.15) is 29.9 Å². The van der Waals surface area contributed by atoms with E-state index in [0.717, 1.165) is 31.5 Å². The van der Waals surface area contributed by atoms with Gasteiger partial charge in [-0.25, -0.2) is 4.39 Å². The van der Waals surface area contributed by atoms with Crippen LogP contribution in [0.4, 0.5) is 4.39 Å². The molecule has 1 fully saturated rings. The molecule has 0 N–H and O–H groups in total. The van der Waals surface area contributed by atoms with Gasteiger partial charge in [0.1, 0.15) is 5.82 Å². The normalized spacial score (nSPS) is 16.7. The van der Waals surface area contributed by atoms with Crippen molar-refractivity contribution in [3.05, 3.63) is 47.8 Å². The van der Waals surface area contributed by atoms with Gasteiger partial charge in [-0.05, 0) is 55.0 Å². The molecule has 0 radical (unpaired) electrons. The van der Waals surface area contributed by atoms with Crippen LogP contribution in [-0.2, 0) is 4.79 Å². The first kappa shape index (κ1) is 12.8. The Bertz CT molecular complexity index is 462. The Hall–Kier alpha value is -1.64. The van der Waals surface area contributed by atoms with E-state index in [9.17, 15) is 9.18 Å². The molecule has 3 heteroatoms. The molecule has 1 heterocycles. The molecule has 2 rings (SSSR count). The van der Waals surface area contributed by atoms with Crippen molar-refractivity contribution in [3.63, 3.8) is 0 Å². The van der Waals surface area contributed by atoms with Gasteiger partial charge < -0.3 is 4.90 Å². The fourth-order valence-electron chi connectivity index (χ4n) is 2.64. The Morgan fingerprint density at radius 3 is 2.67 bits per heavy atom. The van der Waals surface area contributed by atoms with E-state index in [1.165, 1.54) is 17.7 Å². The summed E-state index contributed by atoms with van der Waals surface area (Å²) in [5, 5.41) is 0. The Kier molecular flexibility index (Phi) is 3.80. The van der Waals surface area contributed by atoms with Crippen LogP contribution in [0.25, 0.3) is 0 Å². The summed E-state index contributed by atoms with van der Waals surface area (Å²) in [6, 6.07) is 4.97. The van der Waals surface area contributed by atoms with Crippen molar-refractivity contribution in [1.29, 1.82) is 0 Å². The number of rotatable bonds is 2. The number of hydrogen-bond acceptors (Lipinski definition) is 1. The van der Waals surface area contributed by atoms with E-state index in [1.807, 2.05) is 17.9 Å². The molecule has 0 atom stereocenters. The molecule has 2 nitrogen and oxygen atoms in total. The van der Waals surface area contributed by atoms with Crippen molar-refractivity contribution in [2.75, 3.05) is 13.1 Å². The standard InChI is InChI=1S/C15H18FNO/c1-3-15(18)17-8-6-12(7-9-17)14-5-4-13(16)10-11(14)2/h3-5,10,12H,1,6-9H2,2H3. The minimum absolute atomic E-state index is 0.00396. The molecule has 0 bridgehead atoms. The lowest BCUT2D eigenvalue weighted by atomic mass is 9.87. The molecule has 1 aromatic rings. The van der Waals surface area contributed by atoms with Gasteiger partial charge in [0, 0.05) is 13.1 Å². The largest absolute Gasteiger partial charge is 0.339 e. The maximum Gasteiger partial charge on any atom is 0.245 e. The van der Waals surface area contributed by atoms with Gasteiger partial charge >= 0.3 is 0 Å². The monoisotopic (exact) mass is 247 g/mol. The Morgan fingerprint density at radius 1 is 1.44 bits per heavy atom. The van der Waals surface area contributed by atoms with E-state index in [4.69, 9.17) is 0 Å². The third-order valence-corrected chi connectivity index (χ3v) is 3.65. The molecule has 0 unspecified atom stereocenters. The number of benzene rings is 1. The third-order valence-electron chi connectivity index (χ3n) is 3.65. The van der Waals surface area contributed by atoms with Gasteiger partial charge in [-0.15, -0.1) is 0 Å². The first-order valence-electron chi connectivity index (χ1n) is 6.29. The molecule has 0 spiro atoms. The summed E-state index contributed by atoms with van der Waals surface area (Å²) in [6.45, 7) is 6.96. The lowest BCUT2D eigenvalue weighted by molar-refractivity contribution is -0.127. The van der Waals surface area contributed by atoms with Crippen molar-refractivity contribution < 1.29 is 9.18 Å². The van der Waals surface area contributed by atoms with Crippen LogP contribution >= 0.6 is 0 Å². The van der Waals surface area contributed by atoms with E-state index in [-0.39, 0.29) is 11.7 Å². The number of amides is 1. The Labute approximate surface area is 107 Å². The summed E-state index contributed by atoms with van der Waals surface area (Å²) in [4.78, 5) is 13.3. The number of aryl methyl sites for hydroxylation is 1. The zero-order valence-electron chi connectivity index (χ0n) is 10.7. The number of carbonyl (C=O) groups is 1. The molecule has 96 valence electrons. The first-order valence-corrected chi connectivity index (χ1v) is 6.29. The maximum atomic E-state index is 13.1. The van der Waals surface area contributed by atoms with E-state index < -0.39 is 0 Å². The van der Waals surface area contributed by atoms with E-state index >= 15 is 0 Å². The summed E-state index contributed by atoms with van der Waals surface area (Å²) >= 11 is 0. The Morgan fingerprint density at radius 2 is 2.11 bits per heavy atom. The average Bonchev–Trinajstić information content (AvgIpc) is 2.38. The molecule has 1 aromatic carbocycles. The van der Waals surface area contributed by atoms with Crippen molar-refractivity contribution >= 4 is 5.91 Å². The highest BCUT2D eigenvalue weighted by Crippen LogP contribution is 2.30. The number of piperidine rings is 1. The molecular weight excluding hydrogens is 229 g/mol. The summed E-state index contributed by atoms with van der Waals surface area (Å²) in [5.74, 6) is 0.249. The lowest BCUT2D eigenvalue weighted by Crippen LogP contribution is -2.36. The van der Waals surface area contributed by atoms with Gasteiger partial charge in [-0.2, -0.15) is 0 Å². The smallest absolute Gasteiger partial charge is 0.245 e. The number of likely N-dealkylation sites (tertiary alicyclic amines) is 1. The van der Waals surface area contributed by atoms with Gasteiger partial charge in [0.2, 0.25) is 5.91 Å². The highest BCUT2D eigenvalue weighted by Gasteiger charge is 2.23. The summed E-state index contributed by atoms with van der Waals surface area (Å²) in [6.07, 6.45) is 3.24. The zero-order chi connectivity index (χ0) is 13.1. The van der Waals surface area contributed by atoms with Crippen molar-refractivity contribution in [1.82, 2.24) is 4.90 Å². The quantitative estimate of drug-likeness (QED) is 0.736. The summed E-state index contributed by atoms with van der Waals surface area (Å²) < 4.78 is 13.1. The SMILES string of the molecule is C=CC(=O)N1CCC(c2ccc(F)cc2C)CC1. The predicted octanol–water partition coefficient (Wildman–Crippen LogP) is 3.03. The molecule has 1 aliphatic rings. The Balaban J connectivity index is 2.05. The fraction of sp³-hybridized carbons (Fsp3) is 0.400. The van der Waals surface area contributed by atoms with Crippen LogP contribution in [0.2, 0.25) is 0 Å². The molecule has 0 aliphatic carbocycles. The van der Waals surface area contributed by atoms with Gasteiger partial charge in [-0.1, -0.05) is 12.6 Å². The third kappa shape index (κ3) is 2.61. The molecule has 1 aliphatic heterocycles. The topological polar surface area (TPSA) is 20.3 Å². The second-order valence-electron chi connectivity index (χ2n) is 4.80. The fourth-order valence-corrected chi connectivity index (χ4v) is 2.64. The average molecular weight is 247 g/mol. The van der Waals surface area contributed by atoms with E-state index in [0.29, 0.717) is 5.92 Å². The number of halogens is 1. The lowest BCUT2D eigenvalue weighted by Gasteiger charge is -2.32. The van der Waals surface area contributed by atoms with Crippen LogP contribution in [0.5, 0.6) is 0 Å². The molecule has 0 saturated carbocycles. The highest BCUT2D eigenvalue weighted by atomic mass is 19.1. The first-order chi connectivity index (χ1) is 8.61. The van der Waals surface area contributed by atoms with Gasteiger partial charge in [-0.3, -0.25) is 4.79 Å². The second-order valence-corrected chi connectivity index (χ2v) is 4.80. The molecule has 18 heavy (non-hydrogen) atoms. The summed E-state index contributed by atoms with van der Waals surface area (Å²) in [5.41, 5.74) is 2.21. The molecule has 1 saturated heterocycles. The van der Waals surface area contributed by atoms with Crippen LogP contribution < -0.4 is 0 Å². The molecule has 1 amide bonds. The van der Waals surface area contributed by atoms with Gasteiger partial charge in [0.15, 0.2) is 0 Å². The second kappa shape index (κ2) is 5.34. The van der Waals surface area contributed by atoms with E-state index in [2.05, 4.69) is 6.58 Å². The highest BCUT2D eigenvalue weighted by molar-refractivity contribution is 5.87. The van der Waals surface area contributed by atoms with Crippen LogP contribution in [-0.4, -0.2) is 23.9 Å². The molecule has 0 aromatic heterocycles. The van der Waals surface area contributed by atoms with E-state index in [1.54, 1.807) is 6.07 Å². The predicted molar refractivity (Wildman–Crippen MR) is 69.9 cm³/mol. The van der Waals surface area contributed by atoms with Gasteiger partial charge in [0.05, 0.1) is 0 Å². The van der Waals surface area contributed by atoms with Crippen LogP contribution in [0.3, 0.4) is 0 Å². The minimum atomic E-state index is -0.185. The number of hydrogen-bond donors (Lipinski definition) is 0. The maximum absolute atomic E-state index is 13.1. The zero-order valence-corrected chi connectivity index (χ0v) is 10.7. The minimum Gasteiger partial charge on any atom is -0.339 e. The van der Waals surface area contributed by atoms with Crippen molar-refractivity contribution in [3.8, 4) is 0 Å². The van der Waals surface area contributed by atoms with Crippen molar-refractivity contribution in [2.24, 2.45) is 0 Å². The summed E-state index contributed by atoms with van der Waals surface area (Å²) in [7, 11) is 0. The van der Waals surface area contributed by atoms with Crippen LogP contribution in [0, 0.1) is 12.7 Å². The number of carbonyl (C=O) groups excluding carboxylic acids is 1. The van der Waals surface area contributed by atoms with Gasteiger partial charge in [0.25, 0.3) is 0 Å². The van der Waals surface area contributed by atoms with Crippen LogP contribution in [0.15, 0.2) is 30.9 Å². The molecular formula is C15H18FNO. The number of nitrogens with zero attached hydrogens (tertiary/aromatic N) is 1. The van der Waals surface area contributed by atoms with Crippen molar-refractivity contribution in [2.45, 2.75) is 25.7 Å².